The third kappa shape index (κ3) is 2.98. The van der Waals surface area contributed by atoms with E-state index in [1.807, 2.05) is 18.5 Å². The van der Waals surface area contributed by atoms with E-state index < -0.39 is 5.54 Å². The van der Waals surface area contributed by atoms with E-state index in [2.05, 4.69) is 28.0 Å². The van der Waals surface area contributed by atoms with Crippen LogP contribution in [0.25, 0.3) is 0 Å². The molecule has 0 aromatic carbocycles. The van der Waals surface area contributed by atoms with E-state index in [0.29, 0.717) is 12.3 Å². The van der Waals surface area contributed by atoms with Crippen molar-refractivity contribution in [3.63, 3.8) is 0 Å². The van der Waals surface area contributed by atoms with Gasteiger partial charge in [-0.2, -0.15) is 5.10 Å². The van der Waals surface area contributed by atoms with E-state index in [9.17, 15) is 4.79 Å². The van der Waals surface area contributed by atoms with Crippen molar-refractivity contribution in [1.29, 1.82) is 0 Å². The zero-order chi connectivity index (χ0) is 14.9. The Morgan fingerprint density at radius 3 is 2.90 bits per heavy atom. The third-order valence-corrected chi connectivity index (χ3v) is 5.40. The molecule has 0 amide bonds. The molecule has 0 spiro atoms. The van der Waals surface area contributed by atoms with Gasteiger partial charge in [-0.3, -0.25) is 9.48 Å². The van der Waals surface area contributed by atoms with Crippen LogP contribution in [0.15, 0.2) is 4.47 Å². The first-order valence-corrected chi connectivity index (χ1v) is 8.20. The number of aromatic nitrogens is 2. The highest BCUT2D eigenvalue weighted by Gasteiger charge is 2.38. The molecule has 2 N–H and O–H groups in total. The van der Waals surface area contributed by atoms with Crippen molar-refractivity contribution in [2.45, 2.75) is 65.0 Å². The van der Waals surface area contributed by atoms with Crippen LogP contribution in [0, 0.1) is 12.8 Å². The van der Waals surface area contributed by atoms with Gasteiger partial charge in [-0.1, -0.05) is 19.8 Å². The van der Waals surface area contributed by atoms with Crippen LogP contribution in [-0.4, -0.2) is 21.1 Å². The van der Waals surface area contributed by atoms with Crippen molar-refractivity contribution in [3.8, 4) is 0 Å². The van der Waals surface area contributed by atoms with Crippen molar-refractivity contribution in [1.82, 2.24) is 9.78 Å². The summed E-state index contributed by atoms with van der Waals surface area (Å²) < 4.78 is 2.84. The van der Waals surface area contributed by atoms with Crippen LogP contribution in [0.2, 0.25) is 0 Å². The summed E-state index contributed by atoms with van der Waals surface area (Å²) in [6.07, 6.45) is 4.23. The maximum absolute atomic E-state index is 12.7. The molecule has 20 heavy (non-hydrogen) atoms. The molecule has 0 aliphatic heterocycles. The van der Waals surface area contributed by atoms with Gasteiger partial charge in [0, 0.05) is 6.54 Å². The van der Waals surface area contributed by atoms with Crippen LogP contribution < -0.4 is 5.73 Å². The molecular formula is C15H24BrN3O. The smallest absolute Gasteiger partial charge is 0.158 e. The summed E-state index contributed by atoms with van der Waals surface area (Å²) in [7, 11) is 0. The van der Waals surface area contributed by atoms with Crippen LogP contribution in [0.3, 0.4) is 0 Å². The molecular weight excluding hydrogens is 318 g/mol. The molecule has 2 atom stereocenters. The standard InChI is InChI=1S/C15H24BrN3O/c1-4-19-12(14(16)11(3)18-19)8-13(20)15(17)7-5-6-10(2)9-15/h10H,4-9,17H2,1-3H3. The molecule has 1 aromatic heterocycles. The summed E-state index contributed by atoms with van der Waals surface area (Å²) in [5, 5.41) is 4.44. The molecule has 0 bridgehead atoms. The van der Waals surface area contributed by atoms with Crippen molar-refractivity contribution in [2.75, 3.05) is 0 Å². The Labute approximate surface area is 129 Å². The molecule has 2 unspecified atom stereocenters. The minimum Gasteiger partial charge on any atom is -0.319 e. The number of rotatable bonds is 4. The molecule has 0 radical (unpaired) electrons. The number of aryl methyl sites for hydroxylation is 2. The lowest BCUT2D eigenvalue weighted by Crippen LogP contribution is -2.51. The summed E-state index contributed by atoms with van der Waals surface area (Å²) in [5.41, 5.74) is 7.63. The average molecular weight is 342 g/mol. The first-order valence-electron chi connectivity index (χ1n) is 7.41. The van der Waals surface area contributed by atoms with E-state index in [-0.39, 0.29) is 5.78 Å². The Morgan fingerprint density at radius 2 is 2.30 bits per heavy atom. The van der Waals surface area contributed by atoms with Gasteiger partial charge < -0.3 is 5.73 Å². The quantitative estimate of drug-likeness (QED) is 0.915. The Morgan fingerprint density at radius 1 is 1.60 bits per heavy atom. The molecule has 5 heteroatoms. The summed E-state index contributed by atoms with van der Waals surface area (Å²) in [5.74, 6) is 0.693. The molecule has 1 fully saturated rings. The van der Waals surface area contributed by atoms with Gasteiger partial charge in [-0.25, -0.2) is 0 Å². The number of carbonyl (C=O) groups excluding carboxylic acids is 1. The van der Waals surface area contributed by atoms with Crippen LogP contribution in [0.1, 0.15) is 50.9 Å². The Balaban J connectivity index is 2.19. The minimum absolute atomic E-state index is 0.152. The van der Waals surface area contributed by atoms with Crippen molar-refractivity contribution in [2.24, 2.45) is 11.7 Å². The molecule has 4 nitrogen and oxygen atoms in total. The lowest BCUT2D eigenvalue weighted by atomic mass is 9.74. The lowest BCUT2D eigenvalue weighted by molar-refractivity contribution is -0.125. The summed E-state index contributed by atoms with van der Waals surface area (Å²) in [4.78, 5) is 12.7. The zero-order valence-electron chi connectivity index (χ0n) is 12.6. The maximum atomic E-state index is 12.7. The van der Waals surface area contributed by atoms with Crippen molar-refractivity contribution in [3.05, 3.63) is 15.9 Å². The predicted octanol–water partition coefficient (Wildman–Crippen LogP) is 2.99. The van der Waals surface area contributed by atoms with Crippen molar-refractivity contribution >= 4 is 21.7 Å². The van der Waals surface area contributed by atoms with Gasteiger partial charge in [-0.15, -0.1) is 0 Å². The highest BCUT2D eigenvalue weighted by molar-refractivity contribution is 9.10. The van der Waals surface area contributed by atoms with E-state index in [4.69, 9.17) is 5.73 Å². The van der Waals surface area contributed by atoms with Gasteiger partial charge in [0.25, 0.3) is 0 Å². The van der Waals surface area contributed by atoms with Gasteiger partial charge in [-0.05, 0) is 48.5 Å². The number of nitrogens with zero attached hydrogens (tertiary/aromatic N) is 2. The summed E-state index contributed by atoms with van der Waals surface area (Å²) >= 11 is 3.55. The Kier molecular flexibility index (Phi) is 4.69. The van der Waals surface area contributed by atoms with Crippen LogP contribution in [-0.2, 0) is 17.8 Å². The molecule has 1 heterocycles. The zero-order valence-corrected chi connectivity index (χ0v) is 14.2. The van der Waals surface area contributed by atoms with Crippen LogP contribution in [0.4, 0.5) is 0 Å². The fourth-order valence-electron chi connectivity index (χ4n) is 3.21. The topological polar surface area (TPSA) is 60.9 Å². The van der Waals surface area contributed by atoms with E-state index in [1.165, 1.54) is 6.42 Å². The molecule has 1 aromatic rings. The number of hydrogen-bond acceptors (Lipinski definition) is 3. The number of hydrogen-bond donors (Lipinski definition) is 1. The maximum Gasteiger partial charge on any atom is 0.158 e. The lowest BCUT2D eigenvalue weighted by Gasteiger charge is -2.35. The summed E-state index contributed by atoms with van der Waals surface area (Å²) in [6, 6.07) is 0. The van der Waals surface area contributed by atoms with Crippen LogP contribution in [0.5, 0.6) is 0 Å². The predicted molar refractivity (Wildman–Crippen MR) is 83.6 cm³/mol. The van der Waals surface area contributed by atoms with E-state index in [1.54, 1.807) is 0 Å². The van der Waals surface area contributed by atoms with Gasteiger partial charge in [0.05, 0.1) is 27.8 Å². The minimum atomic E-state index is -0.645. The van der Waals surface area contributed by atoms with Gasteiger partial charge >= 0.3 is 0 Å². The number of Topliss-reactive ketones (excluding diaryl/α,β-unsaturated/α-hetero) is 1. The van der Waals surface area contributed by atoms with E-state index in [0.717, 1.165) is 41.7 Å². The SMILES string of the molecule is CCn1nc(C)c(Br)c1CC(=O)C1(N)CCCC(C)C1. The molecule has 0 saturated heterocycles. The number of halogens is 1. The molecule has 1 saturated carbocycles. The summed E-state index contributed by atoms with van der Waals surface area (Å²) in [6.45, 7) is 6.94. The number of nitrogens with two attached hydrogens (primary N) is 1. The fraction of sp³-hybridized carbons (Fsp3) is 0.733. The second-order valence-corrected chi connectivity index (χ2v) is 6.91. The van der Waals surface area contributed by atoms with Gasteiger partial charge in [0.15, 0.2) is 5.78 Å². The second-order valence-electron chi connectivity index (χ2n) is 6.12. The molecule has 112 valence electrons. The molecule has 1 aliphatic rings. The number of ketones is 1. The van der Waals surface area contributed by atoms with Gasteiger partial charge in [0.2, 0.25) is 0 Å². The Hall–Kier alpha value is -0.680. The van der Waals surface area contributed by atoms with Gasteiger partial charge in [0.1, 0.15) is 0 Å². The van der Waals surface area contributed by atoms with Crippen molar-refractivity contribution < 1.29 is 4.79 Å². The molecule has 1 aliphatic carbocycles. The molecule has 2 rings (SSSR count). The highest BCUT2D eigenvalue weighted by atomic mass is 79.9. The Bertz CT molecular complexity index is 511. The largest absolute Gasteiger partial charge is 0.319 e. The number of carbonyl (C=O) groups is 1. The highest BCUT2D eigenvalue weighted by Crippen LogP contribution is 2.32. The average Bonchev–Trinajstić information content (AvgIpc) is 2.66. The van der Waals surface area contributed by atoms with Crippen LogP contribution >= 0.6 is 15.9 Å². The first kappa shape index (κ1) is 15.7. The fourth-order valence-corrected chi connectivity index (χ4v) is 3.64. The first-order chi connectivity index (χ1) is 9.37. The monoisotopic (exact) mass is 341 g/mol. The second kappa shape index (κ2) is 5.98. The normalized spacial score (nSPS) is 26.8. The van der Waals surface area contributed by atoms with E-state index >= 15 is 0 Å². The third-order valence-electron chi connectivity index (χ3n) is 4.37.